The lowest BCUT2D eigenvalue weighted by atomic mass is 9.84. The molecule has 0 spiro atoms. The van der Waals surface area contributed by atoms with Crippen molar-refractivity contribution in [3.63, 3.8) is 0 Å². The molecule has 0 bridgehead atoms. The lowest BCUT2D eigenvalue weighted by molar-refractivity contribution is -0.132. The highest BCUT2D eigenvalue weighted by Crippen LogP contribution is 2.22. The van der Waals surface area contributed by atoms with E-state index in [2.05, 4.69) is 15.6 Å². The summed E-state index contributed by atoms with van der Waals surface area (Å²) in [7, 11) is 1.48. The number of hydrogen-bond acceptors (Lipinski definition) is 1. The van der Waals surface area contributed by atoms with E-state index in [1.54, 1.807) is 6.07 Å². The van der Waals surface area contributed by atoms with Crippen LogP contribution in [0.5, 0.6) is 0 Å². The molecule has 23 heavy (non-hydrogen) atoms. The third-order valence-electron chi connectivity index (χ3n) is 3.23. The smallest absolute Gasteiger partial charge is 0.356 e. The van der Waals surface area contributed by atoms with Crippen LogP contribution < -0.4 is 10.6 Å². The summed E-state index contributed by atoms with van der Waals surface area (Å²) in [6, 6.07) is 6.25. The maximum atomic E-state index is 13.3. The molecule has 1 aromatic carbocycles. The predicted octanol–water partition coefficient (Wildman–Crippen LogP) is 3.84. The largest absolute Gasteiger partial charge is 0.390 e. The van der Waals surface area contributed by atoms with Crippen LogP contribution in [0.1, 0.15) is 25.8 Å². The van der Waals surface area contributed by atoms with Crippen molar-refractivity contribution in [2.45, 2.75) is 31.9 Å². The highest BCUT2D eigenvalue weighted by Gasteiger charge is 2.26. The molecule has 2 N–H and O–H groups in total. The van der Waals surface area contributed by atoms with Crippen LogP contribution in [0.25, 0.3) is 0 Å². The first kappa shape index (κ1) is 21.9. The minimum atomic E-state index is -4.20. The highest BCUT2D eigenvalue weighted by molar-refractivity contribution is 14.0. The first-order chi connectivity index (χ1) is 10.1. The van der Waals surface area contributed by atoms with Crippen molar-refractivity contribution in [2.75, 3.05) is 20.1 Å². The minimum absolute atomic E-state index is 0. The van der Waals surface area contributed by atoms with Gasteiger partial charge >= 0.3 is 6.18 Å². The number of rotatable bonds is 5. The van der Waals surface area contributed by atoms with E-state index in [1.807, 2.05) is 19.9 Å². The minimum Gasteiger partial charge on any atom is -0.356 e. The molecule has 0 aliphatic rings. The van der Waals surface area contributed by atoms with Crippen LogP contribution in [0.4, 0.5) is 17.6 Å². The van der Waals surface area contributed by atoms with Crippen molar-refractivity contribution in [3.05, 3.63) is 35.6 Å². The van der Waals surface area contributed by atoms with Gasteiger partial charge in [0.1, 0.15) is 5.82 Å². The maximum Gasteiger partial charge on any atom is 0.390 e. The van der Waals surface area contributed by atoms with Crippen molar-refractivity contribution >= 4 is 29.9 Å². The van der Waals surface area contributed by atoms with Gasteiger partial charge in [0, 0.05) is 25.6 Å². The first-order valence-electron chi connectivity index (χ1n) is 6.91. The third kappa shape index (κ3) is 8.38. The topological polar surface area (TPSA) is 36.4 Å². The van der Waals surface area contributed by atoms with Gasteiger partial charge in [0.25, 0.3) is 0 Å². The summed E-state index contributed by atoms with van der Waals surface area (Å²) in [5, 5.41) is 5.57. The molecule has 0 aliphatic carbocycles. The average molecular weight is 447 g/mol. The average Bonchev–Trinajstić information content (AvgIpc) is 2.41. The van der Waals surface area contributed by atoms with Crippen molar-refractivity contribution in [1.82, 2.24) is 10.6 Å². The Morgan fingerprint density at radius 1 is 1.17 bits per heavy atom. The quantitative estimate of drug-likeness (QED) is 0.312. The number of nitrogens with zero attached hydrogens (tertiary/aromatic N) is 1. The number of hydrogen-bond donors (Lipinski definition) is 2. The fraction of sp³-hybridized carbons (Fsp3) is 0.533. The summed E-state index contributed by atoms with van der Waals surface area (Å²) in [5.41, 5.74) is 0.398. The van der Waals surface area contributed by atoms with Gasteiger partial charge in [-0.15, -0.1) is 24.0 Å². The van der Waals surface area contributed by atoms with E-state index in [-0.39, 0.29) is 42.3 Å². The van der Waals surface area contributed by atoms with Crippen molar-refractivity contribution in [3.8, 4) is 0 Å². The van der Waals surface area contributed by atoms with E-state index in [9.17, 15) is 17.6 Å². The maximum absolute atomic E-state index is 13.3. The van der Waals surface area contributed by atoms with Gasteiger partial charge in [-0.05, 0) is 17.7 Å². The zero-order valence-corrected chi connectivity index (χ0v) is 15.6. The Hall–Kier alpha value is -1.06. The fourth-order valence-electron chi connectivity index (χ4n) is 1.86. The van der Waals surface area contributed by atoms with Gasteiger partial charge in [-0.3, -0.25) is 4.99 Å². The number of halogens is 5. The fourth-order valence-corrected chi connectivity index (χ4v) is 1.86. The number of guanidine groups is 1. The summed E-state index contributed by atoms with van der Waals surface area (Å²) in [6.07, 6.45) is -5.13. The van der Waals surface area contributed by atoms with Crippen LogP contribution in [0.15, 0.2) is 29.3 Å². The second-order valence-corrected chi connectivity index (χ2v) is 5.61. The molecule has 0 fully saturated rings. The Bertz CT molecular complexity index is 516. The van der Waals surface area contributed by atoms with E-state index in [4.69, 9.17) is 0 Å². The Balaban J connectivity index is 0.00000484. The van der Waals surface area contributed by atoms with Crippen molar-refractivity contribution in [2.24, 2.45) is 4.99 Å². The van der Waals surface area contributed by atoms with E-state index in [0.29, 0.717) is 6.54 Å². The van der Waals surface area contributed by atoms with E-state index in [1.165, 1.54) is 19.2 Å². The molecule has 0 unspecified atom stereocenters. The standard InChI is InChI=1S/C15H21F4N3.HI/c1-14(2,11-5-4-6-12(16)9-11)10-22-13(20-3)21-8-7-15(17,18)19;/h4-6,9H,7-8,10H2,1-3H3,(H2,20,21,22);1H. The lowest BCUT2D eigenvalue weighted by Gasteiger charge is -2.27. The lowest BCUT2D eigenvalue weighted by Crippen LogP contribution is -2.44. The molecule has 132 valence electrons. The second-order valence-electron chi connectivity index (χ2n) is 5.61. The van der Waals surface area contributed by atoms with Crippen LogP contribution in [0.2, 0.25) is 0 Å². The van der Waals surface area contributed by atoms with Gasteiger partial charge in [0.2, 0.25) is 0 Å². The SMILES string of the molecule is CN=C(NCCC(F)(F)F)NCC(C)(C)c1cccc(F)c1.I. The monoisotopic (exact) mass is 447 g/mol. The van der Waals surface area contributed by atoms with Crippen LogP contribution in [0, 0.1) is 5.82 Å². The van der Waals surface area contributed by atoms with Crippen LogP contribution in [-0.2, 0) is 5.41 Å². The van der Waals surface area contributed by atoms with E-state index in [0.717, 1.165) is 5.56 Å². The first-order valence-corrected chi connectivity index (χ1v) is 6.91. The Labute approximate surface area is 151 Å². The molecule has 0 heterocycles. The molecule has 0 atom stereocenters. The summed E-state index contributed by atoms with van der Waals surface area (Å²) in [4.78, 5) is 3.87. The van der Waals surface area contributed by atoms with Gasteiger partial charge in [0.15, 0.2) is 5.96 Å². The third-order valence-corrected chi connectivity index (χ3v) is 3.23. The number of aliphatic imine (C=N–C) groups is 1. The zero-order chi connectivity index (χ0) is 16.8. The van der Waals surface area contributed by atoms with Gasteiger partial charge in [0.05, 0.1) is 6.42 Å². The van der Waals surface area contributed by atoms with Crippen molar-refractivity contribution < 1.29 is 17.6 Å². The molecular formula is C15H22F4IN3. The summed E-state index contributed by atoms with van der Waals surface area (Å²) in [5.74, 6) is -0.0352. The predicted molar refractivity (Wildman–Crippen MR) is 94.9 cm³/mol. The molecule has 1 aromatic rings. The number of nitrogens with one attached hydrogen (secondary N) is 2. The normalized spacial score (nSPS) is 12.6. The number of benzene rings is 1. The molecule has 3 nitrogen and oxygen atoms in total. The van der Waals surface area contributed by atoms with Crippen molar-refractivity contribution in [1.29, 1.82) is 0 Å². The van der Waals surface area contributed by atoms with Gasteiger partial charge in [-0.2, -0.15) is 13.2 Å². The summed E-state index contributed by atoms with van der Waals surface area (Å²) in [6.45, 7) is 3.99. The Morgan fingerprint density at radius 3 is 2.35 bits per heavy atom. The Morgan fingerprint density at radius 2 is 1.83 bits per heavy atom. The number of alkyl halides is 3. The molecule has 0 saturated carbocycles. The second kappa shape index (κ2) is 9.29. The zero-order valence-electron chi connectivity index (χ0n) is 13.3. The molecule has 0 aliphatic heterocycles. The highest BCUT2D eigenvalue weighted by atomic mass is 127. The van der Waals surface area contributed by atoms with E-state index < -0.39 is 18.0 Å². The van der Waals surface area contributed by atoms with Gasteiger partial charge in [-0.25, -0.2) is 4.39 Å². The molecule has 8 heteroatoms. The van der Waals surface area contributed by atoms with Gasteiger partial charge in [-0.1, -0.05) is 26.0 Å². The molecule has 0 aromatic heterocycles. The summed E-state index contributed by atoms with van der Waals surface area (Å²) >= 11 is 0. The van der Waals surface area contributed by atoms with E-state index >= 15 is 0 Å². The van der Waals surface area contributed by atoms with Crippen LogP contribution >= 0.6 is 24.0 Å². The molecule has 0 amide bonds. The molecule has 0 saturated heterocycles. The molecular weight excluding hydrogens is 425 g/mol. The molecule has 0 radical (unpaired) electrons. The van der Waals surface area contributed by atoms with Crippen LogP contribution in [-0.4, -0.2) is 32.3 Å². The molecule has 1 rings (SSSR count). The Kier molecular flexibility index (Phi) is 8.86. The summed E-state index contributed by atoms with van der Waals surface area (Å²) < 4.78 is 49.6. The van der Waals surface area contributed by atoms with Gasteiger partial charge < -0.3 is 10.6 Å². The van der Waals surface area contributed by atoms with Crippen LogP contribution in [0.3, 0.4) is 0 Å².